The van der Waals surface area contributed by atoms with Gasteiger partial charge in [0.15, 0.2) is 0 Å². The van der Waals surface area contributed by atoms with Gasteiger partial charge in [0, 0.05) is 19.6 Å². The van der Waals surface area contributed by atoms with Gasteiger partial charge in [0.05, 0.1) is 5.41 Å². The number of hydrogen-bond donors (Lipinski definition) is 1. The molecule has 0 unspecified atom stereocenters. The van der Waals surface area contributed by atoms with E-state index in [9.17, 15) is 4.79 Å². The van der Waals surface area contributed by atoms with Gasteiger partial charge in [0.25, 0.3) is 0 Å². The van der Waals surface area contributed by atoms with Crippen LogP contribution in [0.1, 0.15) is 46.5 Å². The van der Waals surface area contributed by atoms with Crippen molar-refractivity contribution in [1.82, 2.24) is 10.2 Å². The van der Waals surface area contributed by atoms with E-state index in [0.29, 0.717) is 17.7 Å². The molecule has 0 radical (unpaired) electrons. The van der Waals surface area contributed by atoms with Crippen LogP contribution in [0.2, 0.25) is 0 Å². The van der Waals surface area contributed by atoms with Gasteiger partial charge in [0.2, 0.25) is 5.91 Å². The van der Waals surface area contributed by atoms with Crippen LogP contribution >= 0.6 is 0 Å². The highest BCUT2D eigenvalue weighted by molar-refractivity contribution is 5.84. The lowest BCUT2D eigenvalue weighted by Gasteiger charge is -2.41. The molecule has 18 heavy (non-hydrogen) atoms. The number of carbonyl (C=O) groups is 1. The molecule has 3 nitrogen and oxygen atoms in total. The minimum absolute atomic E-state index is 0.0663. The van der Waals surface area contributed by atoms with E-state index in [-0.39, 0.29) is 5.41 Å². The average molecular weight is 252 g/mol. The molecule has 1 saturated heterocycles. The van der Waals surface area contributed by atoms with Crippen LogP contribution in [0.4, 0.5) is 0 Å². The number of hydrogen-bond acceptors (Lipinski definition) is 2. The average Bonchev–Trinajstić information content (AvgIpc) is 2.79. The first kappa shape index (κ1) is 13.9. The summed E-state index contributed by atoms with van der Waals surface area (Å²) < 4.78 is 0. The molecule has 1 heterocycles. The third-order valence-electron chi connectivity index (χ3n) is 4.72. The normalized spacial score (nSPS) is 31.4. The molecular weight excluding hydrogens is 224 g/mol. The molecule has 0 aromatic rings. The first-order valence-electron chi connectivity index (χ1n) is 7.60. The molecule has 0 aromatic heterocycles. The monoisotopic (exact) mass is 252 g/mol. The van der Waals surface area contributed by atoms with E-state index in [1.54, 1.807) is 0 Å². The number of nitrogens with one attached hydrogen (secondary N) is 1. The minimum Gasteiger partial charge on any atom is -0.342 e. The smallest absolute Gasteiger partial charge is 0.230 e. The van der Waals surface area contributed by atoms with Crippen LogP contribution in [0.25, 0.3) is 0 Å². The van der Waals surface area contributed by atoms with Gasteiger partial charge in [-0.3, -0.25) is 4.79 Å². The summed E-state index contributed by atoms with van der Waals surface area (Å²) in [6.45, 7) is 10.2. The molecule has 1 N–H and O–H groups in total. The molecule has 1 aliphatic carbocycles. The zero-order valence-electron chi connectivity index (χ0n) is 12.2. The van der Waals surface area contributed by atoms with Gasteiger partial charge in [-0.15, -0.1) is 0 Å². The standard InChI is InChI=1S/C15H28N2O/c1-4-17(10-12(2)3)14(18)15-8-6-5-7-13(15)9-16-11-15/h12-13,16H,4-11H2,1-3H3/t13-,15+/m0/s1. The fraction of sp³-hybridized carbons (Fsp3) is 0.933. The molecular formula is C15H28N2O. The Morgan fingerprint density at radius 2 is 2.22 bits per heavy atom. The van der Waals surface area contributed by atoms with Gasteiger partial charge >= 0.3 is 0 Å². The van der Waals surface area contributed by atoms with Gasteiger partial charge in [-0.25, -0.2) is 0 Å². The number of fused-ring (bicyclic) bond motifs is 1. The van der Waals surface area contributed by atoms with Gasteiger partial charge in [0.1, 0.15) is 0 Å². The summed E-state index contributed by atoms with van der Waals surface area (Å²) in [6.07, 6.45) is 4.86. The quantitative estimate of drug-likeness (QED) is 0.832. The topological polar surface area (TPSA) is 32.3 Å². The van der Waals surface area contributed by atoms with Crippen LogP contribution in [-0.2, 0) is 4.79 Å². The second-order valence-electron chi connectivity index (χ2n) is 6.47. The minimum atomic E-state index is -0.0663. The third-order valence-corrected chi connectivity index (χ3v) is 4.72. The molecule has 1 amide bonds. The van der Waals surface area contributed by atoms with Crippen LogP contribution < -0.4 is 5.32 Å². The van der Waals surface area contributed by atoms with Crippen molar-refractivity contribution in [2.75, 3.05) is 26.2 Å². The SMILES string of the molecule is CCN(CC(C)C)C(=O)[C@@]12CCCC[C@H]1CNC2. The second kappa shape index (κ2) is 5.60. The summed E-state index contributed by atoms with van der Waals surface area (Å²) in [5, 5.41) is 3.47. The Kier molecular flexibility index (Phi) is 4.31. The lowest BCUT2D eigenvalue weighted by molar-refractivity contribution is -0.145. The van der Waals surface area contributed by atoms with E-state index >= 15 is 0 Å². The zero-order valence-corrected chi connectivity index (χ0v) is 12.2. The van der Waals surface area contributed by atoms with Crippen molar-refractivity contribution in [2.24, 2.45) is 17.3 Å². The number of amides is 1. The molecule has 0 bridgehead atoms. The molecule has 2 fully saturated rings. The van der Waals surface area contributed by atoms with Crippen LogP contribution in [0.3, 0.4) is 0 Å². The van der Waals surface area contributed by atoms with Crippen molar-refractivity contribution < 1.29 is 4.79 Å². The van der Waals surface area contributed by atoms with Crippen molar-refractivity contribution in [3.8, 4) is 0 Å². The molecule has 3 heteroatoms. The summed E-state index contributed by atoms with van der Waals surface area (Å²) in [5.74, 6) is 1.56. The van der Waals surface area contributed by atoms with E-state index in [4.69, 9.17) is 0 Å². The zero-order chi connectivity index (χ0) is 13.2. The lowest BCUT2D eigenvalue weighted by Crippen LogP contribution is -2.50. The largest absolute Gasteiger partial charge is 0.342 e. The van der Waals surface area contributed by atoms with E-state index in [2.05, 4.69) is 31.0 Å². The molecule has 2 atom stereocenters. The predicted octanol–water partition coefficient (Wildman–Crippen LogP) is 2.27. The Labute approximate surface area is 111 Å². The first-order valence-corrected chi connectivity index (χ1v) is 7.60. The maximum Gasteiger partial charge on any atom is 0.230 e. The highest BCUT2D eigenvalue weighted by Crippen LogP contribution is 2.45. The number of nitrogens with zero attached hydrogens (tertiary/aromatic N) is 1. The summed E-state index contributed by atoms with van der Waals surface area (Å²) >= 11 is 0. The summed E-state index contributed by atoms with van der Waals surface area (Å²) in [4.78, 5) is 15.0. The van der Waals surface area contributed by atoms with Crippen molar-refractivity contribution in [1.29, 1.82) is 0 Å². The predicted molar refractivity (Wildman–Crippen MR) is 74.4 cm³/mol. The van der Waals surface area contributed by atoms with Crippen molar-refractivity contribution >= 4 is 5.91 Å². The molecule has 0 aromatic carbocycles. The van der Waals surface area contributed by atoms with Gasteiger partial charge in [-0.2, -0.15) is 0 Å². The van der Waals surface area contributed by atoms with Crippen LogP contribution in [0.5, 0.6) is 0 Å². The third kappa shape index (κ3) is 2.42. The van der Waals surface area contributed by atoms with Crippen LogP contribution in [-0.4, -0.2) is 37.0 Å². The molecule has 104 valence electrons. The Balaban J connectivity index is 2.14. The number of carbonyl (C=O) groups excluding carboxylic acids is 1. The summed E-state index contributed by atoms with van der Waals surface area (Å²) in [6, 6.07) is 0. The highest BCUT2D eigenvalue weighted by Gasteiger charge is 2.51. The van der Waals surface area contributed by atoms with Crippen molar-refractivity contribution in [3.05, 3.63) is 0 Å². The fourth-order valence-corrected chi connectivity index (χ4v) is 3.78. The molecule has 1 saturated carbocycles. The maximum absolute atomic E-state index is 13.0. The Morgan fingerprint density at radius 1 is 1.44 bits per heavy atom. The second-order valence-corrected chi connectivity index (χ2v) is 6.47. The van der Waals surface area contributed by atoms with Crippen molar-refractivity contribution in [3.63, 3.8) is 0 Å². The first-order chi connectivity index (χ1) is 8.60. The maximum atomic E-state index is 13.0. The summed E-state index contributed by atoms with van der Waals surface area (Å²) in [5.41, 5.74) is -0.0663. The van der Waals surface area contributed by atoms with Gasteiger partial charge in [-0.1, -0.05) is 26.7 Å². The van der Waals surface area contributed by atoms with E-state index in [1.807, 2.05) is 0 Å². The Morgan fingerprint density at radius 3 is 2.89 bits per heavy atom. The Hall–Kier alpha value is -0.570. The molecule has 0 spiro atoms. The number of rotatable bonds is 4. The molecule has 2 rings (SSSR count). The van der Waals surface area contributed by atoms with E-state index in [1.165, 1.54) is 19.3 Å². The van der Waals surface area contributed by atoms with E-state index in [0.717, 1.165) is 32.6 Å². The molecule has 1 aliphatic heterocycles. The van der Waals surface area contributed by atoms with Crippen molar-refractivity contribution in [2.45, 2.75) is 46.5 Å². The highest BCUT2D eigenvalue weighted by atomic mass is 16.2. The summed E-state index contributed by atoms with van der Waals surface area (Å²) in [7, 11) is 0. The lowest BCUT2D eigenvalue weighted by atomic mass is 9.67. The molecule has 2 aliphatic rings. The van der Waals surface area contributed by atoms with Crippen LogP contribution in [0.15, 0.2) is 0 Å². The van der Waals surface area contributed by atoms with Gasteiger partial charge in [-0.05, 0) is 38.1 Å². The fourth-order valence-electron chi connectivity index (χ4n) is 3.78. The van der Waals surface area contributed by atoms with E-state index < -0.39 is 0 Å². The van der Waals surface area contributed by atoms with Gasteiger partial charge < -0.3 is 10.2 Å². The Bertz CT molecular complexity index is 303. The van der Waals surface area contributed by atoms with Crippen LogP contribution in [0, 0.1) is 17.3 Å².